The van der Waals surface area contributed by atoms with Crippen molar-refractivity contribution in [3.05, 3.63) is 71.6 Å². The molecule has 2 nitrogen and oxygen atoms in total. The quantitative estimate of drug-likeness (QED) is 0.260. The van der Waals surface area contributed by atoms with Gasteiger partial charge in [-0.25, -0.2) is 4.39 Å². The Kier molecular flexibility index (Phi) is 13.4. The van der Waals surface area contributed by atoms with Crippen molar-refractivity contribution in [2.45, 2.75) is 83.7 Å². The zero-order valence-electron chi connectivity index (χ0n) is 19.0. The molecule has 170 valence electrons. The second-order valence-electron chi connectivity index (χ2n) is 8.36. The highest BCUT2D eigenvalue weighted by Gasteiger charge is 1.98. The molecule has 0 amide bonds. The molecular formula is C28H40FNO. The average Bonchev–Trinajstić information content (AvgIpc) is 2.79. The van der Waals surface area contributed by atoms with E-state index < -0.39 is 0 Å². The Morgan fingerprint density at radius 3 is 1.97 bits per heavy atom. The largest absolute Gasteiger partial charge is 0.489 e. The van der Waals surface area contributed by atoms with Gasteiger partial charge in [-0.2, -0.15) is 0 Å². The Hall–Kier alpha value is -2.13. The lowest BCUT2D eigenvalue weighted by atomic mass is 10.0. The molecular weight excluding hydrogens is 385 g/mol. The van der Waals surface area contributed by atoms with E-state index in [-0.39, 0.29) is 5.82 Å². The third-order valence-electron chi connectivity index (χ3n) is 5.56. The normalized spacial score (nSPS) is 11.3. The summed E-state index contributed by atoms with van der Waals surface area (Å²) < 4.78 is 18.9. The van der Waals surface area contributed by atoms with E-state index in [2.05, 4.69) is 24.3 Å². The van der Waals surface area contributed by atoms with Crippen LogP contribution in [0.4, 0.5) is 4.39 Å². The molecule has 0 fully saturated rings. The van der Waals surface area contributed by atoms with Gasteiger partial charge in [0.15, 0.2) is 0 Å². The second-order valence-corrected chi connectivity index (χ2v) is 8.36. The number of benzene rings is 2. The zero-order valence-corrected chi connectivity index (χ0v) is 19.0. The number of unbranched alkanes of at least 4 members (excludes halogenated alkanes) is 11. The van der Waals surface area contributed by atoms with Gasteiger partial charge < -0.3 is 10.5 Å². The fraction of sp³-hybridized carbons (Fsp3) is 0.500. The lowest BCUT2D eigenvalue weighted by Gasteiger charge is -2.06. The maximum atomic E-state index is 13.2. The van der Waals surface area contributed by atoms with Crippen LogP contribution in [0.25, 0.3) is 6.08 Å². The summed E-state index contributed by atoms with van der Waals surface area (Å²) in [5, 5.41) is 0. The first-order valence-corrected chi connectivity index (χ1v) is 12.1. The van der Waals surface area contributed by atoms with E-state index in [9.17, 15) is 4.39 Å². The highest BCUT2D eigenvalue weighted by atomic mass is 19.1. The minimum Gasteiger partial charge on any atom is -0.489 e. The first kappa shape index (κ1) is 25.1. The molecule has 2 aromatic carbocycles. The van der Waals surface area contributed by atoms with Crippen LogP contribution in [0.3, 0.4) is 0 Å². The number of nitrogens with two attached hydrogens (primary N) is 1. The van der Waals surface area contributed by atoms with Gasteiger partial charge in [-0.15, -0.1) is 0 Å². The fourth-order valence-electron chi connectivity index (χ4n) is 3.69. The summed E-state index contributed by atoms with van der Waals surface area (Å²) in [6.45, 7) is 1.22. The monoisotopic (exact) mass is 425 g/mol. The summed E-state index contributed by atoms with van der Waals surface area (Å²) in [6.07, 6.45) is 20.3. The van der Waals surface area contributed by atoms with Gasteiger partial charge in [0.05, 0.1) is 0 Å². The molecule has 0 bridgehead atoms. The summed E-state index contributed by atoms with van der Waals surface area (Å²) in [5.74, 6) is 0.572. The van der Waals surface area contributed by atoms with Gasteiger partial charge in [-0.3, -0.25) is 0 Å². The maximum Gasteiger partial charge on any atom is 0.123 e. The van der Waals surface area contributed by atoms with E-state index in [1.165, 1.54) is 88.3 Å². The predicted molar refractivity (Wildman–Crippen MR) is 131 cm³/mol. The van der Waals surface area contributed by atoms with Crippen LogP contribution in [-0.2, 0) is 6.61 Å². The van der Waals surface area contributed by atoms with E-state index >= 15 is 0 Å². The third-order valence-corrected chi connectivity index (χ3v) is 5.56. The van der Waals surface area contributed by atoms with E-state index in [1.54, 1.807) is 6.07 Å². The van der Waals surface area contributed by atoms with Gasteiger partial charge in [0.1, 0.15) is 18.2 Å². The molecule has 2 N–H and O–H groups in total. The Morgan fingerprint density at radius 2 is 1.35 bits per heavy atom. The maximum absolute atomic E-state index is 13.2. The summed E-state index contributed by atoms with van der Waals surface area (Å²) in [7, 11) is 0. The van der Waals surface area contributed by atoms with Crippen LogP contribution in [0.15, 0.2) is 54.6 Å². The van der Waals surface area contributed by atoms with Crippen molar-refractivity contribution in [3.63, 3.8) is 0 Å². The first-order chi connectivity index (χ1) is 15.3. The molecule has 0 heterocycles. The zero-order chi connectivity index (χ0) is 22.0. The summed E-state index contributed by atoms with van der Waals surface area (Å²) in [4.78, 5) is 0. The number of halogens is 1. The van der Waals surface area contributed by atoms with Gasteiger partial charge in [0.25, 0.3) is 0 Å². The van der Waals surface area contributed by atoms with E-state index in [0.717, 1.165) is 24.3 Å². The lowest BCUT2D eigenvalue weighted by Crippen LogP contribution is -1.97. The smallest absolute Gasteiger partial charge is 0.123 e. The molecule has 3 heteroatoms. The standard InChI is InChI=1S/C28H40FNO/c29-27-17-14-16-26(23-27)24-31-28-20-18-25(19-21-28)15-12-10-8-6-4-2-1-3-5-7-9-11-13-22-30/h12,14-21,23H,1-11,13,22,24,30H2. The van der Waals surface area contributed by atoms with Crippen LogP contribution in [0.1, 0.15) is 88.2 Å². The van der Waals surface area contributed by atoms with Gasteiger partial charge in [-0.1, -0.05) is 94.2 Å². The van der Waals surface area contributed by atoms with Gasteiger partial charge in [-0.05, 0) is 61.2 Å². The number of hydrogen-bond donors (Lipinski definition) is 1. The van der Waals surface area contributed by atoms with Crippen LogP contribution >= 0.6 is 0 Å². The molecule has 0 aromatic heterocycles. The molecule has 0 saturated carbocycles. The molecule has 0 aliphatic carbocycles. The average molecular weight is 426 g/mol. The van der Waals surface area contributed by atoms with Crippen molar-refractivity contribution in [1.82, 2.24) is 0 Å². The number of rotatable bonds is 17. The van der Waals surface area contributed by atoms with Crippen LogP contribution in [-0.4, -0.2) is 6.54 Å². The second kappa shape index (κ2) is 16.5. The number of hydrogen-bond acceptors (Lipinski definition) is 2. The van der Waals surface area contributed by atoms with Crippen molar-refractivity contribution < 1.29 is 9.13 Å². The van der Waals surface area contributed by atoms with Crippen LogP contribution in [0.5, 0.6) is 5.75 Å². The van der Waals surface area contributed by atoms with E-state index in [1.807, 2.05) is 18.2 Å². The Labute approximate surface area is 188 Å². The molecule has 0 aliphatic rings. The molecule has 0 atom stereocenters. The SMILES string of the molecule is NCCCCCCCCCCCCCC=Cc1ccc(OCc2cccc(F)c2)cc1. The highest BCUT2D eigenvalue weighted by molar-refractivity contribution is 5.50. The van der Waals surface area contributed by atoms with Crippen molar-refractivity contribution in [2.24, 2.45) is 5.73 Å². The van der Waals surface area contributed by atoms with E-state index in [0.29, 0.717) is 6.61 Å². The fourth-order valence-corrected chi connectivity index (χ4v) is 3.69. The molecule has 0 aliphatic heterocycles. The molecule has 31 heavy (non-hydrogen) atoms. The summed E-state index contributed by atoms with van der Waals surface area (Å²) in [6, 6.07) is 14.6. The van der Waals surface area contributed by atoms with Crippen molar-refractivity contribution in [2.75, 3.05) is 6.54 Å². The third kappa shape index (κ3) is 12.3. The highest BCUT2D eigenvalue weighted by Crippen LogP contribution is 2.16. The first-order valence-electron chi connectivity index (χ1n) is 12.1. The van der Waals surface area contributed by atoms with Gasteiger partial charge in [0.2, 0.25) is 0 Å². The molecule has 2 aromatic rings. The van der Waals surface area contributed by atoms with Crippen LogP contribution in [0.2, 0.25) is 0 Å². The predicted octanol–water partition coefficient (Wildman–Crippen LogP) is 8.06. The van der Waals surface area contributed by atoms with Crippen molar-refractivity contribution >= 4 is 6.08 Å². The molecule has 0 spiro atoms. The Morgan fingerprint density at radius 1 is 0.742 bits per heavy atom. The van der Waals surface area contributed by atoms with E-state index in [4.69, 9.17) is 10.5 Å². The summed E-state index contributed by atoms with van der Waals surface area (Å²) >= 11 is 0. The van der Waals surface area contributed by atoms with Gasteiger partial charge >= 0.3 is 0 Å². The Balaban J connectivity index is 1.47. The minimum absolute atomic E-state index is 0.230. The van der Waals surface area contributed by atoms with Gasteiger partial charge in [0, 0.05) is 0 Å². The van der Waals surface area contributed by atoms with Crippen molar-refractivity contribution in [1.29, 1.82) is 0 Å². The van der Waals surface area contributed by atoms with Crippen molar-refractivity contribution in [3.8, 4) is 5.75 Å². The number of ether oxygens (including phenoxy) is 1. The topological polar surface area (TPSA) is 35.2 Å². The molecule has 0 saturated heterocycles. The molecule has 2 rings (SSSR count). The molecule has 0 unspecified atom stereocenters. The van der Waals surface area contributed by atoms with Crippen LogP contribution in [0, 0.1) is 5.82 Å². The molecule has 0 radical (unpaired) electrons. The van der Waals surface area contributed by atoms with Crippen LogP contribution < -0.4 is 10.5 Å². The summed E-state index contributed by atoms with van der Waals surface area (Å²) in [5.41, 5.74) is 7.54. The number of allylic oxidation sites excluding steroid dienone is 1. The lowest BCUT2D eigenvalue weighted by molar-refractivity contribution is 0.305. The Bertz CT molecular complexity index is 726. The minimum atomic E-state index is -0.230.